The first-order chi connectivity index (χ1) is 12.4. The van der Waals surface area contributed by atoms with Crippen LogP contribution in [0.1, 0.15) is 28.9 Å². The molecule has 1 amide bonds. The van der Waals surface area contributed by atoms with E-state index in [2.05, 4.69) is 5.32 Å². The van der Waals surface area contributed by atoms with E-state index in [-0.39, 0.29) is 18.4 Å². The van der Waals surface area contributed by atoms with E-state index < -0.39 is 18.5 Å². The average molecular weight is 396 g/mol. The largest absolute Gasteiger partial charge is 0.454 e. The summed E-state index contributed by atoms with van der Waals surface area (Å²) < 4.78 is 15.4. The summed E-state index contributed by atoms with van der Waals surface area (Å²) in [4.78, 5) is 24.1. The van der Waals surface area contributed by atoms with E-state index in [0.29, 0.717) is 27.1 Å². The Labute approximate surface area is 159 Å². The van der Waals surface area contributed by atoms with Crippen molar-refractivity contribution in [1.82, 2.24) is 5.32 Å². The van der Waals surface area contributed by atoms with Crippen molar-refractivity contribution in [2.24, 2.45) is 0 Å². The second-order valence-electron chi connectivity index (χ2n) is 5.60. The average Bonchev–Trinajstić information content (AvgIpc) is 3.07. The molecule has 0 aromatic heterocycles. The van der Waals surface area contributed by atoms with Gasteiger partial charge in [-0.3, -0.25) is 4.79 Å². The molecule has 1 aliphatic heterocycles. The monoisotopic (exact) mass is 395 g/mol. The van der Waals surface area contributed by atoms with Crippen LogP contribution in [0.2, 0.25) is 10.0 Å². The van der Waals surface area contributed by atoms with Gasteiger partial charge in [0.1, 0.15) is 0 Å². The van der Waals surface area contributed by atoms with Gasteiger partial charge in [0.05, 0.1) is 11.6 Å². The number of benzene rings is 2. The highest BCUT2D eigenvalue weighted by Gasteiger charge is 2.18. The van der Waals surface area contributed by atoms with Crippen LogP contribution in [0.3, 0.4) is 0 Å². The number of rotatable bonds is 5. The fourth-order valence-electron chi connectivity index (χ4n) is 2.45. The molecule has 1 heterocycles. The van der Waals surface area contributed by atoms with Gasteiger partial charge in [0, 0.05) is 10.0 Å². The third-order valence-electron chi connectivity index (χ3n) is 3.75. The number of hydrogen-bond acceptors (Lipinski definition) is 5. The molecule has 1 aliphatic rings. The Morgan fingerprint density at radius 1 is 1.15 bits per heavy atom. The Morgan fingerprint density at radius 3 is 2.69 bits per heavy atom. The number of halogens is 2. The Bertz CT molecular complexity index is 855. The Hall–Kier alpha value is -2.44. The molecule has 0 radical (unpaired) electrons. The molecule has 26 heavy (non-hydrogen) atoms. The standard InChI is InChI=1S/C18H15Cl2NO5/c1-10(13-4-3-12(19)7-14(13)20)21-17(22)8-24-18(23)11-2-5-15-16(6-11)26-9-25-15/h2-7,10H,8-9H2,1H3,(H,21,22)/t10-/m1/s1. The summed E-state index contributed by atoms with van der Waals surface area (Å²) >= 11 is 12.0. The smallest absolute Gasteiger partial charge is 0.338 e. The molecule has 6 nitrogen and oxygen atoms in total. The predicted octanol–water partition coefficient (Wildman–Crippen LogP) is 3.76. The molecule has 8 heteroatoms. The van der Waals surface area contributed by atoms with Gasteiger partial charge in [-0.25, -0.2) is 4.79 Å². The number of esters is 1. The van der Waals surface area contributed by atoms with Crippen LogP contribution in [-0.4, -0.2) is 25.3 Å². The fourth-order valence-corrected chi connectivity index (χ4v) is 3.02. The molecular weight excluding hydrogens is 381 g/mol. The molecular formula is C18H15Cl2NO5. The number of hydrogen-bond donors (Lipinski definition) is 1. The zero-order chi connectivity index (χ0) is 18.7. The van der Waals surface area contributed by atoms with Crippen molar-refractivity contribution in [2.45, 2.75) is 13.0 Å². The van der Waals surface area contributed by atoms with Gasteiger partial charge in [0.25, 0.3) is 5.91 Å². The van der Waals surface area contributed by atoms with E-state index in [0.717, 1.165) is 0 Å². The summed E-state index contributed by atoms with van der Waals surface area (Å²) in [6.45, 7) is 1.47. The van der Waals surface area contributed by atoms with Crippen LogP contribution in [0.5, 0.6) is 11.5 Å². The molecule has 136 valence electrons. The Balaban J connectivity index is 1.54. The zero-order valence-electron chi connectivity index (χ0n) is 13.8. The van der Waals surface area contributed by atoms with Gasteiger partial charge in [-0.1, -0.05) is 29.3 Å². The summed E-state index contributed by atoms with van der Waals surface area (Å²) in [7, 11) is 0. The topological polar surface area (TPSA) is 73.9 Å². The van der Waals surface area contributed by atoms with Crippen LogP contribution in [-0.2, 0) is 9.53 Å². The van der Waals surface area contributed by atoms with E-state index >= 15 is 0 Å². The lowest BCUT2D eigenvalue weighted by molar-refractivity contribution is -0.124. The molecule has 1 N–H and O–H groups in total. The molecule has 1 atom stereocenters. The van der Waals surface area contributed by atoms with Crippen LogP contribution in [0.4, 0.5) is 0 Å². The minimum Gasteiger partial charge on any atom is -0.454 e. The van der Waals surface area contributed by atoms with Crippen LogP contribution < -0.4 is 14.8 Å². The van der Waals surface area contributed by atoms with Crippen molar-refractivity contribution >= 4 is 35.1 Å². The highest BCUT2D eigenvalue weighted by atomic mass is 35.5. The van der Waals surface area contributed by atoms with Crippen LogP contribution >= 0.6 is 23.2 Å². The van der Waals surface area contributed by atoms with Gasteiger partial charge in [0.2, 0.25) is 6.79 Å². The maximum Gasteiger partial charge on any atom is 0.338 e. The number of carbonyl (C=O) groups is 2. The fraction of sp³-hybridized carbons (Fsp3) is 0.222. The maximum absolute atomic E-state index is 12.1. The van der Waals surface area contributed by atoms with Crippen molar-refractivity contribution in [3.63, 3.8) is 0 Å². The van der Waals surface area contributed by atoms with Gasteiger partial charge >= 0.3 is 5.97 Å². The second kappa shape index (κ2) is 7.85. The van der Waals surface area contributed by atoms with Crippen molar-refractivity contribution < 1.29 is 23.8 Å². The number of carbonyl (C=O) groups excluding carboxylic acids is 2. The van der Waals surface area contributed by atoms with E-state index in [4.69, 9.17) is 37.4 Å². The molecule has 0 spiro atoms. The summed E-state index contributed by atoms with van der Waals surface area (Å²) in [6, 6.07) is 9.32. The Kier molecular flexibility index (Phi) is 5.54. The lowest BCUT2D eigenvalue weighted by atomic mass is 10.1. The Morgan fingerprint density at radius 2 is 1.92 bits per heavy atom. The van der Waals surface area contributed by atoms with Gasteiger partial charge in [-0.2, -0.15) is 0 Å². The summed E-state index contributed by atoms with van der Waals surface area (Å²) in [5, 5.41) is 3.67. The van der Waals surface area contributed by atoms with Crippen LogP contribution in [0.25, 0.3) is 0 Å². The number of amides is 1. The molecule has 0 unspecified atom stereocenters. The first-order valence-electron chi connectivity index (χ1n) is 7.75. The minimum atomic E-state index is -0.629. The summed E-state index contributed by atoms with van der Waals surface area (Å²) in [6.07, 6.45) is 0. The first-order valence-corrected chi connectivity index (χ1v) is 8.50. The SMILES string of the molecule is C[C@@H](NC(=O)COC(=O)c1ccc2c(c1)OCO2)c1ccc(Cl)cc1Cl. The third kappa shape index (κ3) is 4.20. The molecule has 2 aromatic rings. The highest BCUT2D eigenvalue weighted by Crippen LogP contribution is 2.32. The van der Waals surface area contributed by atoms with Crippen molar-refractivity contribution in [3.05, 3.63) is 57.6 Å². The minimum absolute atomic E-state index is 0.112. The molecule has 2 aromatic carbocycles. The summed E-state index contributed by atoms with van der Waals surface area (Å²) in [5.74, 6) is -0.0453. The second-order valence-corrected chi connectivity index (χ2v) is 6.44. The summed E-state index contributed by atoms with van der Waals surface area (Å²) in [5.41, 5.74) is 0.988. The first kappa shape index (κ1) is 18.4. The molecule has 0 saturated heterocycles. The molecule has 0 saturated carbocycles. The third-order valence-corrected chi connectivity index (χ3v) is 4.31. The van der Waals surface area contributed by atoms with Gasteiger partial charge in [-0.15, -0.1) is 0 Å². The van der Waals surface area contributed by atoms with E-state index in [1.807, 2.05) is 0 Å². The quantitative estimate of drug-likeness (QED) is 0.780. The van der Waals surface area contributed by atoms with Gasteiger partial charge < -0.3 is 19.5 Å². The lowest BCUT2D eigenvalue weighted by Crippen LogP contribution is -2.31. The van der Waals surface area contributed by atoms with Crippen molar-refractivity contribution in [2.75, 3.05) is 13.4 Å². The van der Waals surface area contributed by atoms with E-state index in [1.54, 1.807) is 37.3 Å². The van der Waals surface area contributed by atoms with Crippen LogP contribution in [0, 0.1) is 0 Å². The van der Waals surface area contributed by atoms with Crippen molar-refractivity contribution in [1.29, 1.82) is 0 Å². The lowest BCUT2D eigenvalue weighted by Gasteiger charge is -2.16. The maximum atomic E-state index is 12.1. The molecule has 3 rings (SSSR count). The molecule has 0 bridgehead atoms. The highest BCUT2D eigenvalue weighted by molar-refractivity contribution is 6.35. The normalized spacial score (nSPS) is 13.2. The molecule has 0 fully saturated rings. The number of nitrogens with one attached hydrogen (secondary N) is 1. The van der Waals surface area contributed by atoms with E-state index in [9.17, 15) is 9.59 Å². The van der Waals surface area contributed by atoms with Crippen LogP contribution in [0.15, 0.2) is 36.4 Å². The number of ether oxygens (including phenoxy) is 3. The van der Waals surface area contributed by atoms with Gasteiger partial charge in [-0.05, 0) is 42.8 Å². The van der Waals surface area contributed by atoms with Gasteiger partial charge in [0.15, 0.2) is 18.1 Å². The van der Waals surface area contributed by atoms with Crippen molar-refractivity contribution in [3.8, 4) is 11.5 Å². The molecule has 0 aliphatic carbocycles. The number of fused-ring (bicyclic) bond motifs is 1. The zero-order valence-corrected chi connectivity index (χ0v) is 15.3. The predicted molar refractivity (Wildman–Crippen MR) is 95.9 cm³/mol. The van der Waals surface area contributed by atoms with E-state index in [1.165, 1.54) is 6.07 Å².